The van der Waals surface area contributed by atoms with Gasteiger partial charge >= 0.3 is 6.03 Å². The summed E-state index contributed by atoms with van der Waals surface area (Å²) in [7, 11) is 0. The number of para-hydroxylation sites is 1. The molecular formula is C18H16N2O. The fourth-order valence-electron chi connectivity index (χ4n) is 2.26. The molecule has 0 unspecified atom stereocenters. The number of benzene rings is 3. The number of carbonyl (C=O) groups excluding carboxylic acids is 1. The van der Waals surface area contributed by atoms with Gasteiger partial charge in [0.15, 0.2) is 0 Å². The molecule has 2 N–H and O–H groups in total. The van der Waals surface area contributed by atoms with Crippen molar-refractivity contribution in [2.45, 2.75) is 6.92 Å². The second-order valence-electron chi connectivity index (χ2n) is 4.96. The Labute approximate surface area is 123 Å². The number of fused-ring (bicyclic) bond motifs is 1. The standard InChI is InChI=1S/C18H16N2O/c1-13-6-2-5-9-17(13)20-18(21)19-16-11-10-14-7-3-4-8-15(14)12-16/h2-12H,1H3,(H2,19,20,21). The molecule has 104 valence electrons. The van der Waals surface area contributed by atoms with E-state index in [1.807, 2.05) is 73.7 Å². The molecule has 0 bridgehead atoms. The molecule has 0 atom stereocenters. The molecule has 2 amide bonds. The van der Waals surface area contributed by atoms with Crippen LogP contribution in [0.5, 0.6) is 0 Å². The van der Waals surface area contributed by atoms with Gasteiger partial charge in [-0.15, -0.1) is 0 Å². The number of rotatable bonds is 2. The van der Waals surface area contributed by atoms with Crippen molar-refractivity contribution in [1.29, 1.82) is 0 Å². The van der Waals surface area contributed by atoms with Gasteiger partial charge < -0.3 is 10.6 Å². The molecule has 0 aromatic heterocycles. The lowest BCUT2D eigenvalue weighted by Crippen LogP contribution is -2.19. The lowest BCUT2D eigenvalue weighted by Gasteiger charge is -2.10. The Hall–Kier alpha value is -2.81. The van der Waals surface area contributed by atoms with Gasteiger partial charge in [0.25, 0.3) is 0 Å². The van der Waals surface area contributed by atoms with E-state index in [0.29, 0.717) is 0 Å². The van der Waals surface area contributed by atoms with E-state index in [-0.39, 0.29) is 6.03 Å². The predicted molar refractivity (Wildman–Crippen MR) is 87.8 cm³/mol. The first-order chi connectivity index (χ1) is 10.2. The minimum absolute atomic E-state index is 0.236. The zero-order valence-electron chi connectivity index (χ0n) is 11.8. The number of hydrogen-bond donors (Lipinski definition) is 2. The summed E-state index contributed by atoms with van der Waals surface area (Å²) in [5.74, 6) is 0. The van der Waals surface area contributed by atoms with Gasteiger partial charge in [-0.3, -0.25) is 0 Å². The minimum atomic E-state index is -0.236. The molecule has 3 nitrogen and oxygen atoms in total. The molecule has 0 aliphatic carbocycles. The van der Waals surface area contributed by atoms with Crippen LogP contribution in [0.25, 0.3) is 10.8 Å². The van der Waals surface area contributed by atoms with Crippen LogP contribution in [-0.2, 0) is 0 Å². The summed E-state index contributed by atoms with van der Waals surface area (Å²) in [4.78, 5) is 12.0. The topological polar surface area (TPSA) is 41.1 Å². The highest BCUT2D eigenvalue weighted by molar-refractivity contribution is 6.01. The Balaban J connectivity index is 1.75. The fraction of sp³-hybridized carbons (Fsp3) is 0.0556. The van der Waals surface area contributed by atoms with Crippen LogP contribution in [0.4, 0.5) is 16.2 Å². The number of amides is 2. The Morgan fingerprint density at radius 2 is 1.52 bits per heavy atom. The summed E-state index contributed by atoms with van der Waals surface area (Å²) in [6.07, 6.45) is 0. The smallest absolute Gasteiger partial charge is 0.308 e. The third-order valence-corrected chi connectivity index (χ3v) is 3.40. The quantitative estimate of drug-likeness (QED) is 0.694. The predicted octanol–water partition coefficient (Wildman–Crippen LogP) is 4.79. The number of nitrogens with one attached hydrogen (secondary N) is 2. The van der Waals surface area contributed by atoms with Crippen molar-refractivity contribution < 1.29 is 4.79 Å². The fourth-order valence-corrected chi connectivity index (χ4v) is 2.26. The van der Waals surface area contributed by atoms with Gasteiger partial charge in [0.05, 0.1) is 0 Å². The minimum Gasteiger partial charge on any atom is -0.308 e. The molecule has 0 heterocycles. The highest BCUT2D eigenvalue weighted by Crippen LogP contribution is 2.19. The van der Waals surface area contributed by atoms with Crippen LogP contribution < -0.4 is 10.6 Å². The molecule has 0 saturated heterocycles. The Morgan fingerprint density at radius 1 is 0.810 bits per heavy atom. The van der Waals surface area contributed by atoms with Crippen molar-refractivity contribution in [1.82, 2.24) is 0 Å². The number of urea groups is 1. The maximum Gasteiger partial charge on any atom is 0.323 e. The van der Waals surface area contributed by atoms with Crippen molar-refractivity contribution in [3.63, 3.8) is 0 Å². The second kappa shape index (κ2) is 5.67. The van der Waals surface area contributed by atoms with Crippen LogP contribution in [0.2, 0.25) is 0 Å². The lowest BCUT2D eigenvalue weighted by atomic mass is 10.1. The average Bonchev–Trinajstić information content (AvgIpc) is 2.49. The van der Waals surface area contributed by atoms with E-state index in [4.69, 9.17) is 0 Å². The summed E-state index contributed by atoms with van der Waals surface area (Å²) in [6, 6.07) is 21.4. The molecular weight excluding hydrogens is 260 g/mol. The average molecular weight is 276 g/mol. The molecule has 3 aromatic carbocycles. The zero-order valence-corrected chi connectivity index (χ0v) is 11.8. The summed E-state index contributed by atoms with van der Waals surface area (Å²) in [6.45, 7) is 1.96. The first-order valence-electron chi connectivity index (χ1n) is 6.85. The molecule has 0 saturated carbocycles. The Morgan fingerprint density at radius 3 is 2.33 bits per heavy atom. The van der Waals surface area contributed by atoms with E-state index in [1.165, 1.54) is 0 Å². The maximum absolute atomic E-state index is 12.0. The number of carbonyl (C=O) groups is 1. The van der Waals surface area contributed by atoms with Crippen LogP contribution in [0.15, 0.2) is 66.7 Å². The summed E-state index contributed by atoms with van der Waals surface area (Å²) >= 11 is 0. The van der Waals surface area contributed by atoms with Crippen molar-refractivity contribution in [3.8, 4) is 0 Å². The molecule has 0 radical (unpaired) electrons. The van der Waals surface area contributed by atoms with Gasteiger partial charge in [0.2, 0.25) is 0 Å². The van der Waals surface area contributed by atoms with Crippen molar-refractivity contribution >= 4 is 28.2 Å². The van der Waals surface area contributed by atoms with E-state index < -0.39 is 0 Å². The van der Waals surface area contributed by atoms with Crippen molar-refractivity contribution in [2.24, 2.45) is 0 Å². The van der Waals surface area contributed by atoms with Gasteiger partial charge in [-0.25, -0.2) is 4.79 Å². The molecule has 0 fully saturated rings. The number of aryl methyl sites for hydroxylation is 1. The van der Waals surface area contributed by atoms with Crippen LogP contribution in [0.1, 0.15) is 5.56 Å². The van der Waals surface area contributed by atoms with E-state index in [2.05, 4.69) is 10.6 Å². The van der Waals surface area contributed by atoms with Crippen LogP contribution in [-0.4, -0.2) is 6.03 Å². The zero-order chi connectivity index (χ0) is 14.7. The molecule has 0 aliphatic heterocycles. The van der Waals surface area contributed by atoms with E-state index >= 15 is 0 Å². The van der Waals surface area contributed by atoms with Gasteiger partial charge in [0, 0.05) is 11.4 Å². The molecule has 3 heteroatoms. The van der Waals surface area contributed by atoms with Gasteiger partial charge in [-0.05, 0) is 41.5 Å². The molecule has 3 rings (SSSR count). The normalized spacial score (nSPS) is 10.3. The maximum atomic E-state index is 12.0. The van der Waals surface area contributed by atoms with Crippen molar-refractivity contribution in [2.75, 3.05) is 10.6 Å². The molecule has 0 aliphatic rings. The molecule has 21 heavy (non-hydrogen) atoms. The largest absolute Gasteiger partial charge is 0.323 e. The van der Waals surface area contributed by atoms with Gasteiger partial charge in [0.1, 0.15) is 0 Å². The van der Waals surface area contributed by atoms with Gasteiger partial charge in [-0.1, -0.05) is 48.5 Å². The SMILES string of the molecule is Cc1ccccc1NC(=O)Nc1ccc2ccccc2c1. The van der Waals surface area contributed by atoms with Crippen molar-refractivity contribution in [3.05, 3.63) is 72.3 Å². The van der Waals surface area contributed by atoms with Crippen LogP contribution in [0.3, 0.4) is 0 Å². The van der Waals surface area contributed by atoms with E-state index in [1.54, 1.807) is 0 Å². The first-order valence-corrected chi connectivity index (χ1v) is 6.85. The lowest BCUT2D eigenvalue weighted by molar-refractivity contribution is 0.262. The van der Waals surface area contributed by atoms with E-state index in [9.17, 15) is 4.79 Å². The summed E-state index contributed by atoms with van der Waals surface area (Å²) in [5.41, 5.74) is 2.63. The second-order valence-corrected chi connectivity index (χ2v) is 4.96. The first kappa shape index (κ1) is 13.2. The van der Waals surface area contributed by atoms with Crippen LogP contribution >= 0.6 is 0 Å². The third-order valence-electron chi connectivity index (χ3n) is 3.40. The number of anilines is 2. The number of hydrogen-bond acceptors (Lipinski definition) is 1. The Bertz CT molecular complexity index is 796. The Kier molecular flexibility index (Phi) is 3.56. The highest BCUT2D eigenvalue weighted by Gasteiger charge is 2.04. The third kappa shape index (κ3) is 3.03. The van der Waals surface area contributed by atoms with E-state index in [0.717, 1.165) is 27.7 Å². The monoisotopic (exact) mass is 276 g/mol. The molecule has 0 spiro atoms. The highest BCUT2D eigenvalue weighted by atomic mass is 16.2. The van der Waals surface area contributed by atoms with Crippen LogP contribution in [0, 0.1) is 6.92 Å². The summed E-state index contributed by atoms with van der Waals surface area (Å²) in [5, 5.41) is 7.97. The molecule has 3 aromatic rings. The summed E-state index contributed by atoms with van der Waals surface area (Å²) < 4.78 is 0. The van der Waals surface area contributed by atoms with Gasteiger partial charge in [-0.2, -0.15) is 0 Å².